The van der Waals surface area contributed by atoms with E-state index >= 15 is 0 Å². The Hall–Kier alpha value is -1.21. The Morgan fingerprint density at radius 2 is 1.79 bits per heavy atom. The smallest absolute Gasteiger partial charge is 0.243 e. The lowest BCUT2D eigenvalue weighted by molar-refractivity contribution is 0.117. The van der Waals surface area contributed by atoms with Gasteiger partial charge in [0, 0.05) is 19.2 Å². The molecule has 1 aromatic rings. The van der Waals surface area contributed by atoms with Crippen LogP contribution in [0.1, 0.15) is 31.2 Å². The van der Waals surface area contributed by atoms with Crippen LogP contribution in [0, 0.1) is 12.8 Å². The average molecular weight is 353 g/mol. The lowest BCUT2D eigenvalue weighted by Gasteiger charge is -2.38. The van der Waals surface area contributed by atoms with Crippen LogP contribution in [-0.4, -0.2) is 48.7 Å². The third-order valence-electron chi connectivity index (χ3n) is 4.66. The van der Waals surface area contributed by atoms with Crippen molar-refractivity contribution in [2.24, 2.45) is 5.92 Å². The van der Waals surface area contributed by atoms with Crippen LogP contribution < -0.4 is 0 Å². The van der Waals surface area contributed by atoms with E-state index in [4.69, 9.17) is 5.11 Å². The van der Waals surface area contributed by atoms with Crippen molar-refractivity contribution in [3.63, 3.8) is 0 Å². The first-order valence-corrected chi connectivity index (χ1v) is 9.90. The highest BCUT2D eigenvalue weighted by molar-refractivity contribution is 7.89. The van der Waals surface area contributed by atoms with E-state index in [2.05, 4.69) is 0 Å². The minimum Gasteiger partial charge on any atom is -0.396 e. The van der Waals surface area contributed by atoms with E-state index < -0.39 is 10.0 Å². The number of aliphatic hydroxyl groups excluding tert-OH is 2. The average Bonchev–Trinajstić information content (AvgIpc) is 2.59. The van der Waals surface area contributed by atoms with Crippen LogP contribution >= 0.6 is 0 Å². The van der Waals surface area contributed by atoms with E-state index in [0.717, 1.165) is 31.2 Å². The second kappa shape index (κ2) is 8.76. The summed E-state index contributed by atoms with van der Waals surface area (Å²) in [5, 5.41) is 18.6. The molecule has 24 heavy (non-hydrogen) atoms. The zero-order chi connectivity index (χ0) is 17.6. The molecule has 1 fully saturated rings. The maximum atomic E-state index is 13.1. The number of benzene rings is 1. The number of aliphatic hydroxyl groups is 2. The van der Waals surface area contributed by atoms with E-state index in [1.807, 2.05) is 6.92 Å². The van der Waals surface area contributed by atoms with Crippen molar-refractivity contribution >= 4 is 10.0 Å². The van der Waals surface area contributed by atoms with Gasteiger partial charge in [-0.05, 0) is 37.8 Å². The zero-order valence-electron chi connectivity index (χ0n) is 14.1. The number of aryl methyl sites for hydroxylation is 1. The molecular formula is C18H27NO4S. The van der Waals surface area contributed by atoms with Crippen LogP contribution in [0.2, 0.25) is 0 Å². The minimum absolute atomic E-state index is 0.00566. The highest BCUT2D eigenvalue weighted by Crippen LogP contribution is 2.32. The van der Waals surface area contributed by atoms with Gasteiger partial charge in [0.1, 0.15) is 0 Å². The SMILES string of the molecule is Cc1ccc(S(=O)(=O)N(C/C=C\CO)[C@H]2CCCC[C@H]2CO)cc1. The molecule has 1 aromatic carbocycles. The lowest BCUT2D eigenvalue weighted by Crippen LogP contribution is -2.47. The first-order chi connectivity index (χ1) is 11.5. The summed E-state index contributed by atoms with van der Waals surface area (Å²) in [4.78, 5) is 0.271. The molecule has 134 valence electrons. The summed E-state index contributed by atoms with van der Waals surface area (Å²) in [6.45, 7) is 2.00. The number of nitrogens with zero attached hydrogens (tertiary/aromatic N) is 1. The molecule has 0 amide bonds. The first kappa shape index (κ1) is 19.1. The molecule has 0 unspecified atom stereocenters. The molecule has 1 aliphatic rings. The molecule has 0 heterocycles. The van der Waals surface area contributed by atoms with Gasteiger partial charge < -0.3 is 10.2 Å². The molecule has 2 rings (SSSR count). The molecular weight excluding hydrogens is 326 g/mol. The van der Waals surface area contributed by atoms with Crippen molar-refractivity contribution in [3.8, 4) is 0 Å². The summed E-state index contributed by atoms with van der Waals surface area (Å²) in [5.74, 6) is -0.0403. The molecule has 0 bridgehead atoms. The molecule has 2 N–H and O–H groups in total. The largest absolute Gasteiger partial charge is 0.396 e. The molecule has 6 heteroatoms. The van der Waals surface area contributed by atoms with Gasteiger partial charge >= 0.3 is 0 Å². The summed E-state index contributed by atoms with van der Waals surface area (Å²) in [7, 11) is -3.65. The van der Waals surface area contributed by atoms with Gasteiger partial charge in [-0.2, -0.15) is 4.31 Å². The van der Waals surface area contributed by atoms with Gasteiger partial charge in [-0.15, -0.1) is 0 Å². The predicted octanol–water partition coefficient (Wildman–Crippen LogP) is 2.09. The van der Waals surface area contributed by atoms with Gasteiger partial charge in [0.05, 0.1) is 11.5 Å². The Morgan fingerprint density at radius 3 is 2.42 bits per heavy atom. The van der Waals surface area contributed by atoms with Crippen LogP contribution in [0.15, 0.2) is 41.3 Å². The summed E-state index contributed by atoms with van der Waals surface area (Å²) in [6, 6.07) is 6.63. The standard InChI is InChI=1S/C18H27NO4S/c1-15-8-10-17(11-9-15)24(22,23)19(12-4-5-13-20)18-7-3-2-6-16(18)14-21/h4-5,8-11,16,18,20-21H,2-3,6-7,12-14H2,1H3/b5-4-/t16-,18-/m0/s1. The summed E-state index contributed by atoms with van der Waals surface area (Å²) < 4.78 is 27.8. The van der Waals surface area contributed by atoms with Gasteiger partial charge in [0.25, 0.3) is 0 Å². The van der Waals surface area contributed by atoms with Gasteiger partial charge in [0.2, 0.25) is 10.0 Å². The Bertz CT molecular complexity index is 639. The van der Waals surface area contributed by atoms with Gasteiger partial charge in [-0.1, -0.05) is 42.7 Å². The highest BCUT2D eigenvalue weighted by atomic mass is 32.2. The summed E-state index contributed by atoms with van der Waals surface area (Å²) >= 11 is 0. The topological polar surface area (TPSA) is 77.8 Å². The zero-order valence-corrected chi connectivity index (χ0v) is 15.0. The number of hydrogen-bond donors (Lipinski definition) is 2. The monoisotopic (exact) mass is 353 g/mol. The Morgan fingerprint density at radius 1 is 1.12 bits per heavy atom. The van der Waals surface area contributed by atoms with Crippen LogP contribution in [0.5, 0.6) is 0 Å². The number of hydrogen-bond acceptors (Lipinski definition) is 4. The van der Waals surface area contributed by atoms with Crippen molar-refractivity contribution in [1.82, 2.24) is 4.31 Å². The van der Waals surface area contributed by atoms with Gasteiger partial charge in [-0.3, -0.25) is 0 Å². The van der Waals surface area contributed by atoms with Gasteiger partial charge in [-0.25, -0.2) is 8.42 Å². The molecule has 5 nitrogen and oxygen atoms in total. The number of sulfonamides is 1. The first-order valence-electron chi connectivity index (χ1n) is 8.46. The van der Waals surface area contributed by atoms with Crippen LogP contribution in [0.3, 0.4) is 0 Å². The maximum absolute atomic E-state index is 13.1. The van der Waals surface area contributed by atoms with E-state index in [1.165, 1.54) is 4.31 Å². The molecule has 1 aliphatic carbocycles. The van der Waals surface area contributed by atoms with Crippen molar-refractivity contribution < 1.29 is 18.6 Å². The van der Waals surface area contributed by atoms with Crippen molar-refractivity contribution in [1.29, 1.82) is 0 Å². The molecule has 0 aliphatic heterocycles. The Labute approximate surface area is 144 Å². The maximum Gasteiger partial charge on any atom is 0.243 e. The Balaban J connectivity index is 2.36. The Kier molecular flexibility index (Phi) is 6.98. The third kappa shape index (κ3) is 4.45. The fourth-order valence-corrected chi connectivity index (χ4v) is 4.96. The molecule has 0 radical (unpaired) electrons. The second-order valence-electron chi connectivity index (χ2n) is 6.34. The predicted molar refractivity (Wildman–Crippen MR) is 94.1 cm³/mol. The lowest BCUT2D eigenvalue weighted by atomic mass is 9.85. The third-order valence-corrected chi connectivity index (χ3v) is 6.56. The van der Waals surface area contributed by atoms with Crippen molar-refractivity contribution in [3.05, 3.63) is 42.0 Å². The normalized spacial score (nSPS) is 22.3. The molecule has 0 aromatic heterocycles. The van der Waals surface area contributed by atoms with Crippen LogP contribution in [0.4, 0.5) is 0 Å². The van der Waals surface area contributed by atoms with Crippen molar-refractivity contribution in [2.75, 3.05) is 19.8 Å². The van der Waals surface area contributed by atoms with Crippen molar-refractivity contribution in [2.45, 2.75) is 43.5 Å². The minimum atomic E-state index is -3.65. The van der Waals surface area contributed by atoms with Crippen LogP contribution in [0.25, 0.3) is 0 Å². The fraction of sp³-hybridized carbons (Fsp3) is 0.556. The van der Waals surface area contributed by atoms with E-state index in [-0.39, 0.29) is 36.6 Å². The highest BCUT2D eigenvalue weighted by Gasteiger charge is 2.36. The molecule has 0 spiro atoms. The van der Waals surface area contributed by atoms with E-state index in [9.17, 15) is 13.5 Å². The fourth-order valence-electron chi connectivity index (χ4n) is 3.29. The van der Waals surface area contributed by atoms with Crippen LogP contribution in [-0.2, 0) is 10.0 Å². The quantitative estimate of drug-likeness (QED) is 0.736. The summed E-state index contributed by atoms with van der Waals surface area (Å²) in [5.41, 5.74) is 1.01. The molecule has 0 saturated heterocycles. The number of rotatable bonds is 7. The molecule has 1 saturated carbocycles. The van der Waals surface area contributed by atoms with E-state index in [0.29, 0.717) is 0 Å². The van der Waals surface area contributed by atoms with E-state index in [1.54, 1.807) is 36.4 Å². The molecule has 2 atom stereocenters. The summed E-state index contributed by atoms with van der Waals surface area (Å²) in [6.07, 6.45) is 6.80. The van der Waals surface area contributed by atoms with Gasteiger partial charge in [0.15, 0.2) is 0 Å². The second-order valence-corrected chi connectivity index (χ2v) is 8.23.